The molecule has 3 aromatic rings. The first kappa shape index (κ1) is 15.0. The fourth-order valence-electron chi connectivity index (χ4n) is 2.80. The summed E-state index contributed by atoms with van der Waals surface area (Å²) in [5, 5.41) is 0.597. The molecule has 0 fully saturated rings. The summed E-state index contributed by atoms with van der Waals surface area (Å²) < 4.78 is 42.4. The van der Waals surface area contributed by atoms with Gasteiger partial charge in [-0.15, -0.1) is 11.6 Å². The molecule has 1 heterocycles. The molecule has 0 saturated carbocycles. The second-order valence-corrected chi connectivity index (χ2v) is 5.33. The summed E-state index contributed by atoms with van der Waals surface area (Å²) in [6.07, 6.45) is -4.27. The molecule has 114 valence electrons. The van der Waals surface area contributed by atoms with Crippen molar-refractivity contribution < 1.29 is 13.2 Å². The monoisotopic (exact) mass is 323 g/mol. The molecule has 0 aliphatic heterocycles. The van der Waals surface area contributed by atoms with Crippen molar-refractivity contribution in [3.63, 3.8) is 0 Å². The molecule has 3 rings (SSSR count). The number of nitrogens with zero attached hydrogens (tertiary/aromatic N) is 1. The van der Waals surface area contributed by atoms with Crippen LogP contribution >= 0.6 is 11.6 Å². The van der Waals surface area contributed by atoms with E-state index in [0.717, 1.165) is 0 Å². The van der Waals surface area contributed by atoms with Crippen molar-refractivity contribution in [3.8, 4) is 5.69 Å². The van der Waals surface area contributed by atoms with E-state index >= 15 is 0 Å². The standard InChI is InChI=1S/C17H13ClF3N/c18-11-10-14-13-8-4-5-9-15(13)22(16(14)17(19,20)21)12-6-2-1-3-7-12/h1-9H,10-11H2. The lowest BCUT2D eigenvalue weighted by Crippen LogP contribution is -2.15. The largest absolute Gasteiger partial charge is 0.432 e. The van der Waals surface area contributed by atoms with E-state index in [2.05, 4.69) is 0 Å². The lowest BCUT2D eigenvalue weighted by molar-refractivity contribution is -0.142. The molecule has 22 heavy (non-hydrogen) atoms. The Bertz CT molecular complexity index is 791. The molecule has 0 aliphatic carbocycles. The van der Waals surface area contributed by atoms with Crippen LogP contribution in [0.2, 0.25) is 0 Å². The van der Waals surface area contributed by atoms with Crippen molar-refractivity contribution in [1.29, 1.82) is 0 Å². The van der Waals surface area contributed by atoms with E-state index in [9.17, 15) is 13.2 Å². The quantitative estimate of drug-likeness (QED) is 0.566. The van der Waals surface area contributed by atoms with Crippen LogP contribution in [0.4, 0.5) is 13.2 Å². The molecule has 5 heteroatoms. The number of rotatable bonds is 3. The number of halogens is 4. The SMILES string of the molecule is FC(F)(F)c1c(CCCl)c2ccccc2n1-c1ccccc1. The van der Waals surface area contributed by atoms with Gasteiger partial charge in [-0.1, -0.05) is 36.4 Å². The van der Waals surface area contributed by atoms with Gasteiger partial charge in [0.1, 0.15) is 5.69 Å². The maximum absolute atomic E-state index is 13.7. The van der Waals surface area contributed by atoms with Gasteiger partial charge in [0.05, 0.1) is 5.52 Å². The molecule has 1 nitrogen and oxygen atoms in total. The summed E-state index contributed by atoms with van der Waals surface area (Å²) in [6.45, 7) is 0. The third-order valence-corrected chi connectivity index (χ3v) is 3.80. The maximum atomic E-state index is 13.7. The minimum Gasteiger partial charge on any atom is -0.305 e. The summed E-state index contributed by atoms with van der Waals surface area (Å²) in [5.41, 5.74) is 0.649. The fraction of sp³-hybridized carbons (Fsp3) is 0.176. The number of alkyl halides is 4. The molecule has 0 N–H and O–H groups in total. The molecule has 0 atom stereocenters. The zero-order valence-electron chi connectivity index (χ0n) is 11.6. The van der Waals surface area contributed by atoms with Crippen LogP contribution < -0.4 is 0 Å². The highest BCUT2D eigenvalue weighted by atomic mass is 35.5. The van der Waals surface area contributed by atoms with E-state index in [4.69, 9.17) is 11.6 Å². The van der Waals surface area contributed by atoms with E-state index in [1.807, 2.05) is 0 Å². The number of hydrogen-bond acceptors (Lipinski definition) is 0. The van der Waals surface area contributed by atoms with Crippen LogP contribution in [0.3, 0.4) is 0 Å². The van der Waals surface area contributed by atoms with Crippen LogP contribution in [-0.2, 0) is 12.6 Å². The van der Waals surface area contributed by atoms with Crippen molar-refractivity contribution in [2.45, 2.75) is 12.6 Å². The smallest absolute Gasteiger partial charge is 0.305 e. The molecule has 1 aromatic heterocycles. The van der Waals surface area contributed by atoms with Crippen molar-refractivity contribution in [3.05, 3.63) is 65.9 Å². The molecule has 0 amide bonds. The van der Waals surface area contributed by atoms with E-state index in [1.165, 1.54) is 4.57 Å². The summed E-state index contributed by atoms with van der Waals surface area (Å²) in [4.78, 5) is 0. The highest BCUT2D eigenvalue weighted by Gasteiger charge is 2.39. The third-order valence-electron chi connectivity index (χ3n) is 3.61. The van der Waals surface area contributed by atoms with Crippen LogP contribution in [0.25, 0.3) is 16.6 Å². The summed E-state index contributed by atoms with van der Waals surface area (Å²) in [7, 11) is 0. The summed E-state index contributed by atoms with van der Waals surface area (Å²) in [5.74, 6) is 0.145. The van der Waals surface area contributed by atoms with Gasteiger partial charge in [0.2, 0.25) is 0 Å². The number of para-hydroxylation sites is 2. The van der Waals surface area contributed by atoms with Crippen LogP contribution in [0.1, 0.15) is 11.3 Å². The molecule has 0 aliphatic rings. The fourth-order valence-corrected chi connectivity index (χ4v) is 2.99. The normalized spacial score (nSPS) is 12.0. The highest BCUT2D eigenvalue weighted by Crippen LogP contribution is 2.40. The van der Waals surface area contributed by atoms with Crippen molar-refractivity contribution in [2.24, 2.45) is 0 Å². The predicted molar refractivity (Wildman–Crippen MR) is 82.7 cm³/mol. The predicted octanol–water partition coefficient (Wildman–Crippen LogP) is 5.43. The molecule has 0 radical (unpaired) electrons. The average Bonchev–Trinajstić information content (AvgIpc) is 2.84. The van der Waals surface area contributed by atoms with Gasteiger partial charge < -0.3 is 4.57 Å². The van der Waals surface area contributed by atoms with E-state index in [0.29, 0.717) is 16.6 Å². The molecule has 2 aromatic carbocycles. The van der Waals surface area contributed by atoms with E-state index in [-0.39, 0.29) is 17.9 Å². The molecule has 0 saturated heterocycles. The van der Waals surface area contributed by atoms with Gasteiger partial charge in [-0.3, -0.25) is 0 Å². The first-order valence-corrected chi connectivity index (χ1v) is 7.38. The van der Waals surface area contributed by atoms with Gasteiger partial charge in [0.25, 0.3) is 0 Å². The average molecular weight is 324 g/mol. The Kier molecular flexibility index (Phi) is 3.87. The number of fused-ring (bicyclic) bond motifs is 1. The Morgan fingerprint density at radius 3 is 2.18 bits per heavy atom. The Hall–Kier alpha value is -1.94. The summed E-state index contributed by atoms with van der Waals surface area (Å²) >= 11 is 5.74. The molecule has 0 spiro atoms. The lowest BCUT2D eigenvalue weighted by Gasteiger charge is -2.14. The zero-order chi connectivity index (χ0) is 15.7. The van der Waals surface area contributed by atoms with Crippen LogP contribution in [0.5, 0.6) is 0 Å². The zero-order valence-corrected chi connectivity index (χ0v) is 12.3. The number of aromatic nitrogens is 1. The van der Waals surface area contributed by atoms with Gasteiger partial charge in [-0.05, 0) is 30.2 Å². The van der Waals surface area contributed by atoms with Gasteiger partial charge in [-0.2, -0.15) is 13.2 Å². The number of benzene rings is 2. The maximum Gasteiger partial charge on any atom is 0.432 e. The van der Waals surface area contributed by atoms with Gasteiger partial charge in [0, 0.05) is 17.0 Å². The first-order valence-electron chi connectivity index (χ1n) is 6.85. The van der Waals surface area contributed by atoms with Crippen molar-refractivity contribution >= 4 is 22.5 Å². The minimum absolute atomic E-state index is 0.145. The molecule has 0 bridgehead atoms. The Morgan fingerprint density at radius 2 is 1.55 bits per heavy atom. The third kappa shape index (κ3) is 2.48. The van der Waals surface area contributed by atoms with Crippen molar-refractivity contribution in [2.75, 3.05) is 5.88 Å². The molecular weight excluding hydrogens is 311 g/mol. The number of hydrogen-bond donors (Lipinski definition) is 0. The van der Waals surface area contributed by atoms with Gasteiger partial charge in [-0.25, -0.2) is 0 Å². The molecular formula is C17H13ClF3N. The van der Waals surface area contributed by atoms with Gasteiger partial charge >= 0.3 is 6.18 Å². The highest BCUT2D eigenvalue weighted by molar-refractivity contribution is 6.18. The van der Waals surface area contributed by atoms with Gasteiger partial charge in [0.15, 0.2) is 0 Å². The summed E-state index contributed by atoms with van der Waals surface area (Å²) in [6, 6.07) is 15.5. The number of aryl methyl sites for hydroxylation is 1. The van der Waals surface area contributed by atoms with Crippen LogP contribution in [0.15, 0.2) is 54.6 Å². The second-order valence-electron chi connectivity index (χ2n) is 4.95. The van der Waals surface area contributed by atoms with Crippen molar-refractivity contribution in [1.82, 2.24) is 4.57 Å². The van der Waals surface area contributed by atoms with E-state index in [1.54, 1.807) is 54.6 Å². The van der Waals surface area contributed by atoms with Crippen LogP contribution in [-0.4, -0.2) is 10.4 Å². The second kappa shape index (κ2) is 5.69. The Balaban J connectivity index is 2.43. The Labute approximate surface area is 130 Å². The minimum atomic E-state index is -4.45. The van der Waals surface area contributed by atoms with Crippen LogP contribution in [0, 0.1) is 0 Å². The Morgan fingerprint density at radius 1 is 0.909 bits per heavy atom. The molecule has 0 unspecified atom stereocenters. The first-order chi connectivity index (χ1) is 10.5. The lowest BCUT2D eigenvalue weighted by atomic mass is 10.1. The topological polar surface area (TPSA) is 4.93 Å². The van der Waals surface area contributed by atoms with E-state index < -0.39 is 11.9 Å².